The first kappa shape index (κ1) is 17.4. The summed E-state index contributed by atoms with van der Waals surface area (Å²) >= 11 is 0. The highest BCUT2D eigenvalue weighted by molar-refractivity contribution is 6.67. The highest BCUT2D eigenvalue weighted by atomic mass is 28.4. The van der Waals surface area contributed by atoms with Crippen molar-refractivity contribution in [2.75, 3.05) is 26.8 Å². The minimum absolute atomic E-state index is 0.571. The van der Waals surface area contributed by atoms with E-state index in [1.165, 1.54) is 4.90 Å². The molecule has 1 N–H and O–H groups in total. The number of nitrogens with zero attached hydrogens (tertiary/aromatic N) is 1. The van der Waals surface area contributed by atoms with E-state index in [2.05, 4.69) is 6.92 Å². The zero-order valence-corrected chi connectivity index (χ0v) is 13.1. The summed E-state index contributed by atoms with van der Waals surface area (Å²) in [6, 6.07) is 1.89. The van der Waals surface area contributed by atoms with E-state index in [9.17, 15) is 4.79 Å². The third-order valence-corrected chi connectivity index (χ3v) is 6.80. The molecule has 6 heteroatoms. The van der Waals surface area contributed by atoms with Gasteiger partial charge in [-0.05, 0) is 38.8 Å². The molecule has 0 rings (SSSR count). The molecule has 0 saturated heterocycles. The van der Waals surface area contributed by atoms with Crippen LogP contribution in [-0.2, 0) is 8.85 Å². The minimum atomic E-state index is -2.03. The van der Waals surface area contributed by atoms with Gasteiger partial charge in [-0.2, -0.15) is 0 Å². The molecule has 1 amide bonds. The second kappa shape index (κ2) is 9.35. The molecule has 0 spiro atoms. The van der Waals surface area contributed by atoms with Gasteiger partial charge in [0.1, 0.15) is 0 Å². The smallest absolute Gasteiger partial charge is 0.407 e. The Labute approximate surface area is 111 Å². The summed E-state index contributed by atoms with van der Waals surface area (Å²) in [6.45, 7) is 8.05. The molecule has 0 aromatic carbocycles. The second-order valence-corrected chi connectivity index (χ2v) is 7.90. The first-order valence-electron chi connectivity index (χ1n) is 6.73. The lowest BCUT2D eigenvalue weighted by Gasteiger charge is -2.29. The lowest BCUT2D eigenvalue weighted by atomic mass is 10.3. The standard InChI is InChI=1S/C12H27NO4Si/c1-5-16-18(7-3,17-6-2)11-9-8-10-13(4)12(14)15/h5-11H2,1-4H3,(H,14,15). The summed E-state index contributed by atoms with van der Waals surface area (Å²) in [5.41, 5.74) is 0. The molecule has 18 heavy (non-hydrogen) atoms. The van der Waals surface area contributed by atoms with Crippen molar-refractivity contribution in [1.29, 1.82) is 0 Å². The van der Waals surface area contributed by atoms with Crippen LogP contribution in [0, 0.1) is 0 Å². The van der Waals surface area contributed by atoms with E-state index in [-0.39, 0.29) is 0 Å². The van der Waals surface area contributed by atoms with Gasteiger partial charge in [0.05, 0.1) is 0 Å². The molecule has 0 aliphatic rings. The Balaban J connectivity index is 4.06. The van der Waals surface area contributed by atoms with Crippen LogP contribution in [0.3, 0.4) is 0 Å². The van der Waals surface area contributed by atoms with Gasteiger partial charge in [0, 0.05) is 26.8 Å². The van der Waals surface area contributed by atoms with Crippen molar-refractivity contribution < 1.29 is 18.8 Å². The summed E-state index contributed by atoms with van der Waals surface area (Å²) in [5.74, 6) is 0. The van der Waals surface area contributed by atoms with Crippen molar-refractivity contribution in [2.45, 2.75) is 45.7 Å². The Morgan fingerprint density at radius 1 is 1.17 bits per heavy atom. The highest BCUT2D eigenvalue weighted by Crippen LogP contribution is 2.21. The maximum atomic E-state index is 10.6. The lowest BCUT2D eigenvalue weighted by molar-refractivity contribution is 0.155. The van der Waals surface area contributed by atoms with Crippen LogP contribution in [-0.4, -0.2) is 51.5 Å². The fourth-order valence-electron chi connectivity index (χ4n) is 1.93. The summed E-state index contributed by atoms with van der Waals surface area (Å²) in [7, 11) is -0.439. The van der Waals surface area contributed by atoms with Crippen LogP contribution >= 0.6 is 0 Å². The van der Waals surface area contributed by atoms with Crippen molar-refractivity contribution >= 4 is 14.7 Å². The van der Waals surface area contributed by atoms with Crippen molar-refractivity contribution in [2.24, 2.45) is 0 Å². The number of amides is 1. The largest absolute Gasteiger partial charge is 0.465 e. The fourth-order valence-corrected chi connectivity index (χ4v) is 4.91. The van der Waals surface area contributed by atoms with Crippen molar-refractivity contribution in [3.05, 3.63) is 0 Å². The van der Waals surface area contributed by atoms with E-state index in [4.69, 9.17) is 14.0 Å². The third-order valence-electron chi connectivity index (χ3n) is 2.98. The Bertz CT molecular complexity index is 232. The average molecular weight is 277 g/mol. The highest BCUT2D eigenvalue weighted by Gasteiger charge is 2.34. The van der Waals surface area contributed by atoms with Gasteiger partial charge in [-0.1, -0.05) is 6.92 Å². The van der Waals surface area contributed by atoms with Crippen LogP contribution < -0.4 is 0 Å². The Hall–Kier alpha value is -0.593. The summed E-state index contributed by atoms with van der Waals surface area (Å²) in [4.78, 5) is 12.0. The normalized spacial score (nSPS) is 11.6. The molecule has 0 aliphatic heterocycles. The van der Waals surface area contributed by atoms with E-state index in [1.54, 1.807) is 7.05 Å². The zero-order chi connectivity index (χ0) is 14.0. The second-order valence-electron chi connectivity index (χ2n) is 4.29. The zero-order valence-electron chi connectivity index (χ0n) is 12.1. The maximum absolute atomic E-state index is 10.6. The predicted octanol–water partition coefficient (Wildman–Crippen LogP) is 2.91. The van der Waals surface area contributed by atoms with Gasteiger partial charge in [-0.3, -0.25) is 0 Å². The van der Waals surface area contributed by atoms with Crippen molar-refractivity contribution in [1.82, 2.24) is 4.90 Å². The van der Waals surface area contributed by atoms with Gasteiger partial charge < -0.3 is 18.9 Å². The molecule has 0 bridgehead atoms. The molecule has 0 saturated carbocycles. The quantitative estimate of drug-likeness (QED) is 0.493. The molecular formula is C12H27NO4Si. The summed E-state index contributed by atoms with van der Waals surface area (Å²) in [6.07, 6.45) is 0.943. The summed E-state index contributed by atoms with van der Waals surface area (Å²) in [5, 5.41) is 8.74. The van der Waals surface area contributed by atoms with Crippen LogP contribution in [0.4, 0.5) is 4.79 Å². The number of hydrogen-bond acceptors (Lipinski definition) is 3. The number of carbonyl (C=O) groups is 1. The van der Waals surface area contributed by atoms with Gasteiger partial charge in [0.15, 0.2) is 0 Å². The number of carboxylic acid groups (broad SMARTS) is 1. The van der Waals surface area contributed by atoms with Crippen molar-refractivity contribution in [3.8, 4) is 0 Å². The molecule has 108 valence electrons. The average Bonchev–Trinajstić information content (AvgIpc) is 2.34. The van der Waals surface area contributed by atoms with Crippen LogP contribution in [0.25, 0.3) is 0 Å². The van der Waals surface area contributed by atoms with E-state index in [1.807, 2.05) is 13.8 Å². The number of rotatable bonds is 10. The molecule has 0 atom stereocenters. The van der Waals surface area contributed by atoms with Crippen LogP contribution in [0.5, 0.6) is 0 Å². The van der Waals surface area contributed by atoms with Gasteiger partial charge in [-0.15, -0.1) is 0 Å². The maximum Gasteiger partial charge on any atom is 0.407 e. The topological polar surface area (TPSA) is 59.0 Å². The molecule has 0 aliphatic carbocycles. The molecule has 0 aromatic rings. The Morgan fingerprint density at radius 3 is 2.11 bits per heavy atom. The lowest BCUT2D eigenvalue weighted by Crippen LogP contribution is -2.41. The van der Waals surface area contributed by atoms with Gasteiger partial charge >= 0.3 is 14.7 Å². The molecule has 0 radical (unpaired) electrons. The molecule has 5 nitrogen and oxygen atoms in total. The van der Waals surface area contributed by atoms with E-state index < -0.39 is 14.7 Å². The first-order chi connectivity index (χ1) is 8.51. The predicted molar refractivity (Wildman–Crippen MR) is 74.2 cm³/mol. The molecule has 0 heterocycles. The molecule has 0 aromatic heterocycles. The third kappa shape index (κ3) is 6.37. The van der Waals surface area contributed by atoms with E-state index >= 15 is 0 Å². The molecule has 0 unspecified atom stereocenters. The summed E-state index contributed by atoms with van der Waals surface area (Å²) < 4.78 is 11.7. The van der Waals surface area contributed by atoms with Gasteiger partial charge in [0.25, 0.3) is 0 Å². The minimum Gasteiger partial charge on any atom is -0.465 e. The number of hydrogen-bond donors (Lipinski definition) is 1. The molecule has 0 fully saturated rings. The SMILES string of the molecule is CCO[Si](CC)(CCCCN(C)C(=O)O)OCC. The van der Waals surface area contributed by atoms with Crippen LogP contribution in [0.1, 0.15) is 33.6 Å². The Kier molecular flexibility index (Phi) is 9.04. The first-order valence-corrected chi connectivity index (χ1v) is 8.96. The van der Waals surface area contributed by atoms with E-state index in [0.717, 1.165) is 24.9 Å². The Morgan fingerprint density at radius 2 is 1.72 bits per heavy atom. The van der Waals surface area contributed by atoms with Gasteiger partial charge in [-0.25, -0.2) is 4.79 Å². The van der Waals surface area contributed by atoms with Crippen LogP contribution in [0.15, 0.2) is 0 Å². The van der Waals surface area contributed by atoms with Gasteiger partial charge in [0.2, 0.25) is 0 Å². The van der Waals surface area contributed by atoms with E-state index in [0.29, 0.717) is 19.8 Å². The van der Waals surface area contributed by atoms with Crippen molar-refractivity contribution in [3.63, 3.8) is 0 Å². The fraction of sp³-hybridized carbons (Fsp3) is 0.917. The molecular weight excluding hydrogens is 250 g/mol. The number of unbranched alkanes of at least 4 members (excludes halogenated alkanes) is 1. The monoisotopic (exact) mass is 277 g/mol. The van der Waals surface area contributed by atoms with Crippen LogP contribution in [0.2, 0.25) is 12.1 Å².